The second kappa shape index (κ2) is 11.0. The maximum absolute atomic E-state index is 13.4. The number of rotatable bonds is 7. The van der Waals surface area contributed by atoms with Crippen molar-refractivity contribution in [1.82, 2.24) is 24.6 Å². The lowest BCUT2D eigenvalue weighted by atomic mass is 10.1. The molecule has 4 aromatic rings. The van der Waals surface area contributed by atoms with E-state index in [0.717, 1.165) is 85.9 Å². The first-order chi connectivity index (χ1) is 18.6. The molecule has 38 heavy (non-hydrogen) atoms. The number of anilines is 3. The quantitative estimate of drug-likeness (QED) is 0.398. The molecule has 0 aliphatic carbocycles. The van der Waals surface area contributed by atoms with E-state index in [1.165, 1.54) is 12.1 Å². The van der Waals surface area contributed by atoms with Crippen molar-refractivity contribution < 1.29 is 13.9 Å². The van der Waals surface area contributed by atoms with Crippen molar-refractivity contribution in [2.45, 2.75) is 6.42 Å². The number of halogens is 1. The highest BCUT2D eigenvalue weighted by molar-refractivity contribution is 5.86. The van der Waals surface area contributed by atoms with E-state index in [-0.39, 0.29) is 5.82 Å². The van der Waals surface area contributed by atoms with Crippen LogP contribution in [-0.4, -0.2) is 83.8 Å². The van der Waals surface area contributed by atoms with Gasteiger partial charge in [-0.05, 0) is 30.3 Å². The van der Waals surface area contributed by atoms with Gasteiger partial charge in [-0.3, -0.25) is 9.58 Å². The summed E-state index contributed by atoms with van der Waals surface area (Å²) in [4.78, 5) is 14.3. The smallest absolute Gasteiger partial charge is 0.228 e. The van der Waals surface area contributed by atoms with Crippen LogP contribution >= 0.6 is 0 Å². The fourth-order valence-corrected chi connectivity index (χ4v) is 5.00. The minimum absolute atomic E-state index is 0.276. The van der Waals surface area contributed by atoms with Crippen molar-refractivity contribution in [1.29, 1.82) is 0 Å². The molecule has 9 nitrogen and oxygen atoms in total. The molecular formula is C28H32FN7O2. The fourth-order valence-electron chi connectivity index (χ4n) is 5.00. The third-order valence-electron chi connectivity index (χ3n) is 7.12. The standard InChI is InChI=1S/C28H32FN7O2/c1-34-26-18-20(2-7-23(26)24(33-34)8-9-35-10-14-37-15-11-35)25-19-27(30-22-5-3-21(29)4-6-22)32-28(31-25)36-12-16-38-17-13-36/h2-7,18-19H,8-17H2,1H3,(H,30,31,32). The molecule has 2 fully saturated rings. The van der Waals surface area contributed by atoms with Gasteiger partial charge in [0.25, 0.3) is 0 Å². The number of morpholine rings is 2. The van der Waals surface area contributed by atoms with Crippen LogP contribution in [0.1, 0.15) is 5.69 Å². The fraction of sp³-hybridized carbons (Fsp3) is 0.393. The Hall–Kier alpha value is -3.60. The van der Waals surface area contributed by atoms with Crippen LogP contribution in [0.4, 0.5) is 21.8 Å². The zero-order valence-electron chi connectivity index (χ0n) is 21.6. The minimum Gasteiger partial charge on any atom is -0.379 e. The topological polar surface area (TPSA) is 80.6 Å². The molecule has 198 valence electrons. The molecule has 2 saturated heterocycles. The SMILES string of the molecule is Cn1nc(CCN2CCOCC2)c2ccc(-c3cc(Nc4ccc(F)cc4)nc(N4CCOCC4)n3)cc21. The third-order valence-corrected chi connectivity index (χ3v) is 7.12. The largest absolute Gasteiger partial charge is 0.379 e. The van der Waals surface area contributed by atoms with Gasteiger partial charge in [0, 0.05) is 68.9 Å². The Kier molecular flexibility index (Phi) is 7.17. The molecule has 0 atom stereocenters. The molecule has 0 spiro atoms. The van der Waals surface area contributed by atoms with Crippen molar-refractivity contribution in [3.05, 3.63) is 60.0 Å². The minimum atomic E-state index is -0.276. The van der Waals surface area contributed by atoms with E-state index in [9.17, 15) is 4.39 Å². The molecule has 0 amide bonds. The first-order valence-corrected chi connectivity index (χ1v) is 13.1. The van der Waals surface area contributed by atoms with Gasteiger partial charge in [0.2, 0.25) is 5.95 Å². The third kappa shape index (κ3) is 5.47. The summed E-state index contributed by atoms with van der Waals surface area (Å²) in [5.41, 5.74) is 4.73. The van der Waals surface area contributed by atoms with Crippen molar-refractivity contribution >= 4 is 28.4 Å². The van der Waals surface area contributed by atoms with Crippen LogP contribution < -0.4 is 10.2 Å². The first kappa shape index (κ1) is 24.7. The van der Waals surface area contributed by atoms with Crippen molar-refractivity contribution in [2.24, 2.45) is 7.05 Å². The number of hydrogen-bond acceptors (Lipinski definition) is 8. The van der Waals surface area contributed by atoms with Crippen LogP contribution in [0.2, 0.25) is 0 Å². The number of nitrogens with one attached hydrogen (secondary N) is 1. The van der Waals surface area contributed by atoms with Crippen LogP contribution in [0.3, 0.4) is 0 Å². The van der Waals surface area contributed by atoms with E-state index >= 15 is 0 Å². The average molecular weight is 518 g/mol. The van der Waals surface area contributed by atoms with E-state index in [0.29, 0.717) is 25.0 Å². The lowest BCUT2D eigenvalue weighted by Crippen LogP contribution is -2.37. The predicted octanol–water partition coefficient (Wildman–Crippen LogP) is 3.62. The molecule has 2 aromatic carbocycles. The summed E-state index contributed by atoms with van der Waals surface area (Å²) in [7, 11) is 1.99. The van der Waals surface area contributed by atoms with Crippen LogP contribution in [0, 0.1) is 5.82 Å². The Morgan fingerprint density at radius 2 is 1.63 bits per heavy atom. The maximum atomic E-state index is 13.4. The number of nitrogens with zero attached hydrogens (tertiary/aromatic N) is 6. The van der Waals surface area contributed by atoms with Gasteiger partial charge in [-0.25, -0.2) is 9.37 Å². The van der Waals surface area contributed by atoms with Crippen LogP contribution in [0.5, 0.6) is 0 Å². The zero-order chi connectivity index (χ0) is 25.9. The molecule has 0 radical (unpaired) electrons. The van der Waals surface area contributed by atoms with Gasteiger partial charge in [-0.15, -0.1) is 0 Å². The summed E-state index contributed by atoms with van der Waals surface area (Å²) in [6.45, 7) is 7.27. The van der Waals surface area contributed by atoms with Crippen molar-refractivity contribution in [2.75, 3.05) is 69.4 Å². The Bertz CT molecular complexity index is 1400. The molecule has 1 N–H and O–H groups in total. The Balaban J connectivity index is 1.31. The van der Waals surface area contributed by atoms with Crippen molar-refractivity contribution in [3.8, 4) is 11.3 Å². The van der Waals surface area contributed by atoms with Gasteiger partial charge in [-0.2, -0.15) is 10.1 Å². The first-order valence-electron chi connectivity index (χ1n) is 13.1. The Labute approximate surface area is 221 Å². The predicted molar refractivity (Wildman–Crippen MR) is 145 cm³/mol. The number of hydrogen-bond donors (Lipinski definition) is 1. The highest BCUT2D eigenvalue weighted by Crippen LogP contribution is 2.29. The molecule has 0 bridgehead atoms. The average Bonchev–Trinajstić information content (AvgIpc) is 3.28. The van der Waals surface area contributed by atoms with Gasteiger partial charge in [0.15, 0.2) is 0 Å². The molecule has 2 aliphatic heterocycles. The molecule has 10 heteroatoms. The number of benzene rings is 2. The molecule has 2 aliphatic rings. The number of ether oxygens (including phenoxy) is 2. The summed E-state index contributed by atoms with van der Waals surface area (Å²) in [5, 5.41) is 9.32. The number of aryl methyl sites for hydroxylation is 1. The maximum Gasteiger partial charge on any atom is 0.228 e. The van der Waals surface area contributed by atoms with Gasteiger partial charge in [0.1, 0.15) is 11.6 Å². The van der Waals surface area contributed by atoms with Gasteiger partial charge in [0.05, 0.1) is 43.3 Å². The lowest BCUT2D eigenvalue weighted by molar-refractivity contribution is 0.0383. The van der Waals surface area contributed by atoms with Crippen LogP contribution in [-0.2, 0) is 22.9 Å². The van der Waals surface area contributed by atoms with Gasteiger partial charge < -0.3 is 19.7 Å². The summed E-state index contributed by atoms with van der Waals surface area (Å²) in [6, 6.07) is 14.6. The normalized spacial score (nSPS) is 16.7. The zero-order valence-corrected chi connectivity index (χ0v) is 21.6. The summed E-state index contributed by atoms with van der Waals surface area (Å²) < 4.78 is 26.4. The van der Waals surface area contributed by atoms with Crippen molar-refractivity contribution in [3.63, 3.8) is 0 Å². The lowest BCUT2D eigenvalue weighted by Gasteiger charge is -2.27. The van der Waals surface area contributed by atoms with Gasteiger partial charge in [-0.1, -0.05) is 12.1 Å². The molecule has 0 saturated carbocycles. The summed E-state index contributed by atoms with van der Waals surface area (Å²) in [5.74, 6) is 1.02. The summed E-state index contributed by atoms with van der Waals surface area (Å²) in [6.07, 6.45) is 0.900. The number of fused-ring (bicyclic) bond motifs is 1. The highest BCUT2D eigenvalue weighted by Gasteiger charge is 2.18. The van der Waals surface area contributed by atoms with Crippen LogP contribution in [0.15, 0.2) is 48.5 Å². The molecule has 4 heterocycles. The second-order valence-electron chi connectivity index (χ2n) is 9.68. The number of aromatic nitrogens is 4. The highest BCUT2D eigenvalue weighted by atomic mass is 19.1. The van der Waals surface area contributed by atoms with Gasteiger partial charge >= 0.3 is 0 Å². The molecule has 2 aromatic heterocycles. The molecule has 0 unspecified atom stereocenters. The van der Waals surface area contributed by atoms with E-state index < -0.39 is 0 Å². The van der Waals surface area contributed by atoms with E-state index in [1.807, 2.05) is 17.8 Å². The molecule has 6 rings (SSSR count). The monoisotopic (exact) mass is 517 g/mol. The van der Waals surface area contributed by atoms with Crippen LogP contribution in [0.25, 0.3) is 22.2 Å². The second-order valence-corrected chi connectivity index (χ2v) is 9.68. The van der Waals surface area contributed by atoms with E-state index in [1.54, 1.807) is 12.1 Å². The molecular weight excluding hydrogens is 485 g/mol. The Morgan fingerprint density at radius 3 is 2.39 bits per heavy atom. The summed E-state index contributed by atoms with van der Waals surface area (Å²) >= 11 is 0. The Morgan fingerprint density at radius 1 is 0.895 bits per heavy atom. The van der Waals surface area contributed by atoms with E-state index in [2.05, 4.69) is 33.3 Å². The van der Waals surface area contributed by atoms with E-state index in [4.69, 9.17) is 24.5 Å².